The van der Waals surface area contributed by atoms with Gasteiger partial charge in [-0.25, -0.2) is 0 Å². The van der Waals surface area contributed by atoms with E-state index in [9.17, 15) is 4.79 Å². The molecule has 1 aliphatic heterocycles. The molecule has 0 unspecified atom stereocenters. The molecule has 0 saturated carbocycles. The molecule has 3 aromatic carbocycles. The van der Waals surface area contributed by atoms with Gasteiger partial charge >= 0.3 is 0 Å². The third-order valence-electron chi connectivity index (χ3n) is 6.40. The van der Waals surface area contributed by atoms with E-state index < -0.39 is 6.10 Å². The molecule has 0 aliphatic carbocycles. The van der Waals surface area contributed by atoms with Gasteiger partial charge < -0.3 is 10.1 Å². The first-order valence-electron chi connectivity index (χ1n) is 12.4. The van der Waals surface area contributed by atoms with Crippen LogP contribution in [0.4, 0.5) is 0 Å². The van der Waals surface area contributed by atoms with Crippen LogP contribution in [-0.2, 0) is 17.8 Å². The number of nitrogens with one attached hydrogen (secondary N) is 1. The molecule has 0 saturated heterocycles. The van der Waals surface area contributed by atoms with E-state index in [0.717, 1.165) is 25.3 Å². The van der Waals surface area contributed by atoms with Crippen molar-refractivity contribution in [3.8, 4) is 5.75 Å². The molecular formula is C30H36N2O2. The first-order valence-corrected chi connectivity index (χ1v) is 12.4. The van der Waals surface area contributed by atoms with E-state index in [0.29, 0.717) is 6.42 Å². The monoisotopic (exact) mass is 456 g/mol. The molecule has 1 heterocycles. The summed E-state index contributed by atoms with van der Waals surface area (Å²) >= 11 is 0. The topological polar surface area (TPSA) is 41.6 Å². The molecule has 3 aromatic rings. The average Bonchev–Trinajstić information content (AvgIpc) is 2.82. The number of ether oxygens (including phenoxy) is 1. The lowest BCUT2D eigenvalue weighted by Gasteiger charge is -2.38. The summed E-state index contributed by atoms with van der Waals surface area (Å²) in [5.74, 6) is 0.693. The smallest absolute Gasteiger partial charge is 0.261 e. The SMILES string of the molecule is CC[C@@H](Oc1ccc2c(c1)[C@H](c1ccccc1)N(Cc1cccc(C)c1)CC2)C(=O)NC(C)C. The Hall–Kier alpha value is -3.11. The van der Waals surface area contributed by atoms with Gasteiger partial charge in [0.15, 0.2) is 6.10 Å². The Morgan fingerprint density at radius 2 is 1.85 bits per heavy atom. The molecule has 2 atom stereocenters. The Kier molecular flexibility index (Phi) is 7.69. The number of carbonyl (C=O) groups is 1. The quantitative estimate of drug-likeness (QED) is 0.464. The number of amides is 1. The molecule has 0 spiro atoms. The zero-order valence-corrected chi connectivity index (χ0v) is 20.8. The summed E-state index contributed by atoms with van der Waals surface area (Å²) in [5.41, 5.74) is 6.50. The first kappa shape index (κ1) is 24.0. The molecule has 4 rings (SSSR count). The minimum Gasteiger partial charge on any atom is -0.481 e. The number of rotatable bonds is 8. The van der Waals surface area contributed by atoms with Crippen LogP contribution in [0.3, 0.4) is 0 Å². The molecule has 34 heavy (non-hydrogen) atoms. The maximum Gasteiger partial charge on any atom is 0.261 e. The predicted molar refractivity (Wildman–Crippen MR) is 138 cm³/mol. The minimum absolute atomic E-state index is 0.0593. The fourth-order valence-electron chi connectivity index (χ4n) is 4.82. The summed E-state index contributed by atoms with van der Waals surface area (Å²) in [5, 5.41) is 2.98. The van der Waals surface area contributed by atoms with E-state index in [4.69, 9.17) is 4.74 Å². The highest BCUT2D eigenvalue weighted by Gasteiger charge is 2.30. The molecule has 0 fully saturated rings. The van der Waals surface area contributed by atoms with Gasteiger partial charge in [0.1, 0.15) is 5.75 Å². The Morgan fingerprint density at radius 3 is 2.56 bits per heavy atom. The van der Waals surface area contributed by atoms with Crippen LogP contribution in [0.5, 0.6) is 5.75 Å². The van der Waals surface area contributed by atoms with Crippen molar-refractivity contribution in [2.75, 3.05) is 6.54 Å². The predicted octanol–water partition coefficient (Wildman–Crippen LogP) is 5.82. The highest BCUT2D eigenvalue weighted by molar-refractivity contribution is 5.81. The van der Waals surface area contributed by atoms with Gasteiger partial charge in [-0.15, -0.1) is 0 Å². The number of hydrogen-bond acceptors (Lipinski definition) is 3. The molecule has 1 amide bonds. The van der Waals surface area contributed by atoms with Gasteiger partial charge in [0.25, 0.3) is 5.91 Å². The fraction of sp³-hybridized carbons (Fsp3) is 0.367. The number of nitrogens with zero attached hydrogens (tertiary/aromatic N) is 1. The zero-order chi connectivity index (χ0) is 24.1. The van der Waals surface area contributed by atoms with E-state index in [-0.39, 0.29) is 18.0 Å². The molecule has 0 radical (unpaired) electrons. The van der Waals surface area contributed by atoms with Crippen LogP contribution in [0.15, 0.2) is 72.8 Å². The van der Waals surface area contributed by atoms with E-state index in [1.165, 1.54) is 27.8 Å². The molecule has 1 N–H and O–H groups in total. The van der Waals surface area contributed by atoms with Gasteiger partial charge in [-0.05, 0) is 68.0 Å². The molecule has 4 nitrogen and oxygen atoms in total. The van der Waals surface area contributed by atoms with Crippen molar-refractivity contribution in [2.24, 2.45) is 0 Å². The molecule has 0 aromatic heterocycles. The summed E-state index contributed by atoms with van der Waals surface area (Å²) in [6.07, 6.45) is 1.12. The van der Waals surface area contributed by atoms with Crippen molar-refractivity contribution >= 4 is 5.91 Å². The van der Waals surface area contributed by atoms with Crippen molar-refractivity contribution in [2.45, 2.75) is 65.3 Å². The normalized spacial score (nSPS) is 16.7. The van der Waals surface area contributed by atoms with Crippen LogP contribution in [0.25, 0.3) is 0 Å². The zero-order valence-electron chi connectivity index (χ0n) is 20.8. The largest absolute Gasteiger partial charge is 0.481 e. The number of carbonyl (C=O) groups excluding carboxylic acids is 1. The van der Waals surface area contributed by atoms with Crippen molar-refractivity contribution < 1.29 is 9.53 Å². The molecule has 178 valence electrons. The summed E-state index contributed by atoms with van der Waals surface area (Å²) < 4.78 is 6.22. The summed E-state index contributed by atoms with van der Waals surface area (Å²) in [7, 11) is 0. The van der Waals surface area contributed by atoms with Gasteiger partial charge in [-0.2, -0.15) is 0 Å². The second-order valence-corrected chi connectivity index (χ2v) is 9.56. The maximum atomic E-state index is 12.6. The summed E-state index contributed by atoms with van der Waals surface area (Å²) in [6.45, 7) is 9.95. The van der Waals surface area contributed by atoms with E-state index in [1.54, 1.807) is 0 Å². The van der Waals surface area contributed by atoms with Crippen LogP contribution < -0.4 is 10.1 Å². The number of benzene rings is 3. The Balaban J connectivity index is 1.66. The minimum atomic E-state index is -0.498. The average molecular weight is 457 g/mol. The second kappa shape index (κ2) is 10.9. The molecule has 1 aliphatic rings. The van der Waals surface area contributed by atoms with E-state index in [1.807, 2.05) is 26.8 Å². The molecule has 0 bridgehead atoms. The Morgan fingerprint density at radius 1 is 1.06 bits per heavy atom. The summed E-state index contributed by atoms with van der Waals surface area (Å²) in [4.78, 5) is 15.2. The van der Waals surface area contributed by atoms with Crippen LogP contribution in [0, 0.1) is 6.92 Å². The number of fused-ring (bicyclic) bond motifs is 1. The third-order valence-corrected chi connectivity index (χ3v) is 6.40. The standard InChI is InChI=1S/C30H36N2O2/c1-5-28(30(33)31-21(2)3)34-26-15-14-24-16-17-32(20-23-11-9-10-22(4)18-23)29(27(24)19-26)25-12-7-6-8-13-25/h6-15,18-19,21,28-29H,5,16-17,20H2,1-4H3,(H,31,33)/t28-,29+/m1/s1. The van der Waals surface area contributed by atoms with Crippen LogP contribution in [0.2, 0.25) is 0 Å². The molecular weight excluding hydrogens is 420 g/mol. The molecule has 4 heteroatoms. The van der Waals surface area contributed by atoms with Gasteiger partial charge in [-0.3, -0.25) is 9.69 Å². The first-order chi connectivity index (χ1) is 16.4. The van der Waals surface area contributed by atoms with Gasteiger partial charge in [0.2, 0.25) is 0 Å². The Bertz CT molecular complexity index is 1110. The lowest BCUT2D eigenvalue weighted by atomic mass is 9.87. The van der Waals surface area contributed by atoms with Crippen molar-refractivity contribution in [1.82, 2.24) is 10.2 Å². The van der Waals surface area contributed by atoms with Gasteiger partial charge in [-0.1, -0.05) is 73.2 Å². The number of aryl methyl sites for hydroxylation is 1. The highest BCUT2D eigenvalue weighted by Crippen LogP contribution is 2.38. The third kappa shape index (κ3) is 5.68. The van der Waals surface area contributed by atoms with Gasteiger partial charge in [0.05, 0.1) is 6.04 Å². The van der Waals surface area contributed by atoms with Gasteiger partial charge in [0, 0.05) is 19.1 Å². The fourth-order valence-corrected chi connectivity index (χ4v) is 4.82. The van der Waals surface area contributed by atoms with Crippen LogP contribution in [0.1, 0.15) is 61.1 Å². The van der Waals surface area contributed by atoms with Crippen molar-refractivity contribution in [3.63, 3.8) is 0 Å². The maximum absolute atomic E-state index is 12.6. The number of hydrogen-bond donors (Lipinski definition) is 1. The Labute approximate surface area is 204 Å². The van der Waals surface area contributed by atoms with Crippen LogP contribution >= 0.6 is 0 Å². The van der Waals surface area contributed by atoms with Crippen molar-refractivity contribution in [1.29, 1.82) is 0 Å². The van der Waals surface area contributed by atoms with E-state index >= 15 is 0 Å². The second-order valence-electron chi connectivity index (χ2n) is 9.56. The van der Waals surface area contributed by atoms with Crippen LogP contribution in [-0.4, -0.2) is 29.5 Å². The lowest BCUT2D eigenvalue weighted by Crippen LogP contribution is -2.41. The van der Waals surface area contributed by atoms with E-state index in [2.05, 4.69) is 83.9 Å². The summed E-state index contributed by atoms with van der Waals surface area (Å²) in [6, 6.07) is 26.0. The highest BCUT2D eigenvalue weighted by atomic mass is 16.5. The lowest BCUT2D eigenvalue weighted by molar-refractivity contribution is -0.128. The van der Waals surface area contributed by atoms with Crippen molar-refractivity contribution in [3.05, 3.63) is 101 Å².